The van der Waals surface area contributed by atoms with Crippen LogP contribution in [0.4, 0.5) is 0 Å². The van der Waals surface area contributed by atoms with Crippen LogP contribution in [-0.4, -0.2) is 5.78 Å². The first kappa shape index (κ1) is 19.6. The number of hydrogen-bond donors (Lipinski definition) is 1. The first-order chi connectivity index (χ1) is 13.6. The highest BCUT2D eigenvalue weighted by Crippen LogP contribution is 2.46. The number of ketones is 1. The monoisotopic (exact) mass is 390 g/mol. The van der Waals surface area contributed by atoms with Gasteiger partial charge in [-0.1, -0.05) is 58.0 Å². The van der Waals surface area contributed by atoms with Crippen molar-refractivity contribution in [3.63, 3.8) is 0 Å². The zero-order chi connectivity index (χ0) is 21.0. The Labute approximate surface area is 171 Å². The summed E-state index contributed by atoms with van der Waals surface area (Å²) >= 11 is 0. The molecule has 0 saturated carbocycles. The molecule has 5 nitrogen and oxygen atoms in total. The molecule has 1 heterocycles. The maximum absolute atomic E-state index is 13.3. The predicted molar refractivity (Wildman–Crippen MR) is 109 cm³/mol. The first-order valence-corrected chi connectivity index (χ1v) is 9.93. The topological polar surface area (TPSA) is 84.6 Å². The van der Waals surface area contributed by atoms with E-state index in [9.17, 15) is 4.79 Å². The molecule has 1 atom stereocenters. The fraction of sp³-hybridized carbons (Fsp3) is 0.417. The molecule has 29 heavy (non-hydrogen) atoms. The molecule has 150 valence electrons. The summed E-state index contributed by atoms with van der Waals surface area (Å²) in [4.78, 5) is 18.3. The molecule has 1 unspecified atom stereocenters. The second kappa shape index (κ2) is 6.41. The Kier molecular flexibility index (Phi) is 4.34. The van der Waals surface area contributed by atoms with E-state index in [0.29, 0.717) is 11.1 Å². The molecular weight excluding hydrogens is 364 g/mol. The van der Waals surface area contributed by atoms with Crippen molar-refractivity contribution in [1.82, 2.24) is 5.48 Å². The molecular formula is C24H26N2O3. The van der Waals surface area contributed by atoms with Crippen molar-refractivity contribution in [2.45, 2.75) is 64.2 Å². The zero-order valence-electron chi connectivity index (χ0n) is 17.6. The van der Waals surface area contributed by atoms with E-state index in [-0.39, 0.29) is 16.6 Å². The summed E-state index contributed by atoms with van der Waals surface area (Å²) in [6.07, 6.45) is 3.87. The Morgan fingerprint density at radius 2 is 1.62 bits per heavy atom. The average molecular weight is 390 g/mol. The number of carbonyl (C=O) groups excluding carboxylic acids is 1. The van der Waals surface area contributed by atoms with E-state index in [1.54, 1.807) is 30.5 Å². The minimum atomic E-state index is -1.21. The molecule has 1 aliphatic carbocycles. The van der Waals surface area contributed by atoms with Gasteiger partial charge in [0.25, 0.3) is 6.26 Å². The highest BCUT2D eigenvalue weighted by Gasteiger charge is 2.51. The maximum atomic E-state index is 13.3. The van der Waals surface area contributed by atoms with Crippen molar-refractivity contribution in [1.29, 1.82) is 5.26 Å². The molecule has 4 rings (SSSR count). The van der Waals surface area contributed by atoms with Gasteiger partial charge in [0.05, 0.1) is 0 Å². The summed E-state index contributed by atoms with van der Waals surface area (Å²) in [7, 11) is 0. The van der Waals surface area contributed by atoms with Crippen LogP contribution in [0.25, 0.3) is 0 Å². The molecule has 1 N–H and O–H groups in total. The van der Waals surface area contributed by atoms with Crippen molar-refractivity contribution < 1.29 is 14.4 Å². The molecule has 2 aromatic rings. The van der Waals surface area contributed by atoms with Crippen LogP contribution in [0.2, 0.25) is 0 Å². The number of hydroxylamine groups is 1. The summed E-state index contributed by atoms with van der Waals surface area (Å²) < 4.78 is 4.92. The van der Waals surface area contributed by atoms with Crippen molar-refractivity contribution in [2.75, 3.05) is 0 Å². The van der Waals surface area contributed by atoms with Crippen LogP contribution in [0.1, 0.15) is 78.7 Å². The number of nitriles is 1. The fourth-order valence-corrected chi connectivity index (χ4v) is 4.29. The van der Waals surface area contributed by atoms with Crippen LogP contribution in [0, 0.1) is 18.4 Å². The lowest BCUT2D eigenvalue weighted by Crippen LogP contribution is -2.34. The molecule has 1 saturated heterocycles. The molecule has 0 amide bonds. The minimum absolute atomic E-state index is 0.00374. The SMILES string of the molecule is Cc1cc2c(cc1C(=O)c1ccc(C3(OC#N)NO3)cc1)C(C)(C)CCC2(C)C. The normalized spacial score (nSPS) is 23.6. The van der Waals surface area contributed by atoms with Gasteiger partial charge in [-0.15, -0.1) is 5.48 Å². The van der Waals surface area contributed by atoms with Crippen molar-refractivity contribution in [2.24, 2.45) is 0 Å². The molecule has 0 aromatic heterocycles. The fourth-order valence-electron chi connectivity index (χ4n) is 4.29. The third-order valence-electron chi connectivity index (χ3n) is 6.45. The summed E-state index contributed by atoms with van der Waals surface area (Å²) in [6, 6.07) is 11.3. The van der Waals surface area contributed by atoms with E-state index in [4.69, 9.17) is 14.8 Å². The van der Waals surface area contributed by atoms with Crippen LogP contribution in [0.5, 0.6) is 0 Å². The summed E-state index contributed by atoms with van der Waals surface area (Å²) in [5, 5.41) is 8.75. The van der Waals surface area contributed by atoms with Gasteiger partial charge in [0.15, 0.2) is 5.78 Å². The average Bonchev–Trinajstić information content (AvgIpc) is 3.46. The third-order valence-corrected chi connectivity index (χ3v) is 6.45. The second-order valence-electron chi connectivity index (χ2n) is 9.40. The van der Waals surface area contributed by atoms with E-state index in [1.807, 2.05) is 6.92 Å². The Morgan fingerprint density at radius 1 is 1.07 bits per heavy atom. The second-order valence-corrected chi connectivity index (χ2v) is 9.40. The van der Waals surface area contributed by atoms with Crippen LogP contribution in [0.3, 0.4) is 0 Å². The first-order valence-electron chi connectivity index (χ1n) is 9.93. The third kappa shape index (κ3) is 3.23. The number of benzene rings is 2. The molecule has 2 aromatic carbocycles. The van der Waals surface area contributed by atoms with Crippen molar-refractivity contribution in [3.05, 3.63) is 69.8 Å². The van der Waals surface area contributed by atoms with Crippen molar-refractivity contribution in [3.8, 4) is 6.26 Å². The van der Waals surface area contributed by atoms with Gasteiger partial charge in [-0.25, -0.2) is 4.84 Å². The summed E-state index contributed by atoms with van der Waals surface area (Å²) in [5.74, 6) is -1.22. The van der Waals surface area contributed by atoms with Gasteiger partial charge in [0, 0.05) is 16.7 Å². The van der Waals surface area contributed by atoms with Gasteiger partial charge in [-0.3, -0.25) is 4.79 Å². The lowest BCUT2D eigenvalue weighted by Gasteiger charge is -2.42. The van der Waals surface area contributed by atoms with Gasteiger partial charge >= 0.3 is 5.91 Å². The van der Waals surface area contributed by atoms with E-state index in [2.05, 4.69) is 45.3 Å². The molecule has 1 fully saturated rings. The molecule has 5 heteroatoms. The van der Waals surface area contributed by atoms with Crippen molar-refractivity contribution >= 4 is 5.78 Å². The van der Waals surface area contributed by atoms with Crippen LogP contribution in [0.15, 0.2) is 36.4 Å². The number of nitrogens with zero attached hydrogens (tertiary/aromatic N) is 1. The van der Waals surface area contributed by atoms with E-state index < -0.39 is 5.91 Å². The lowest BCUT2D eigenvalue weighted by molar-refractivity contribution is 0.0280. The number of carbonyl (C=O) groups is 1. The number of ether oxygens (including phenoxy) is 1. The number of hydrogen-bond acceptors (Lipinski definition) is 5. The lowest BCUT2D eigenvalue weighted by atomic mass is 9.62. The largest absolute Gasteiger partial charge is 0.370 e. The van der Waals surface area contributed by atoms with Crippen LogP contribution < -0.4 is 5.48 Å². The number of fused-ring (bicyclic) bond motifs is 1. The summed E-state index contributed by atoms with van der Waals surface area (Å²) in [6.45, 7) is 11.1. The molecule has 0 spiro atoms. The number of aryl methyl sites for hydroxylation is 1. The van der Waals surface area contributed by atoms with E-state index >= 15 is 0 Å². The highest BCUT2D eigenvalue weighted by molar-refractivity contribution is 6.10. The predicted octanol–water partition coefficient (Wildman–Crippen LogP) is 4.72. The van der Waals surface area contributed by atoms with Gasteiger partial charge < -0.3 is 4.74 Å². The van der Waals surface area contributed by atoms with Crippen LogP contribution in [-0.2, 0) is 26.3 Å². The maximum Gasteiger partial charge on any atom is 0.347 e. The summed E-state index contributed by atoms with van der Waals surface area (Å²) in [5.41, 5.74) is 8.34. The van der Waals surface area contributed by atoms with E-state index in [0.717, 1.165) is 24.0 Å². The Balaban J connectivity index is 1.71. The quantitative estimate of drug-likeness (QED) is 0.464. The highest BCUT2D eigenvalue weighted by atomic mass is 16.9. The van der Waals surface area contributed by atoms with Crippen LogP contribution >= 0.6 is 0 Å². The molecule has 2 aliphatic rings. The van der Waals surface area contributed by atoms with Gasteiger partial charge in [0.2, 0.25) is 0 Å². The van der Waals surface area contributed by atoms with E-state index in [1.165, 1.54) is 11.1 Å². The number of nitrogens with one attached hydrogen (secondary N) is 1. The Hall–Kier alpha value is -2.68. The molecule has 0 radical (unpaired) electrons. The minimum Gasteiger partial charge on any atom is -0.370 e. The Bertz CT molecular complexity index is 1030. The van der Waals surface area contributed by atoms with Gasteiger partial charge in [-0.2, -0.15) is 5.26 Å². The Morgan fingerprint density at radius 3 is 2.14 bits per heavy atom. The smallest absolute Gasteiger partial charge is 0.347 e. The molecule has 0 bridgehead atoms. The standard InChI is InChI=1S/C24H26N2O3/c1-15-12-19-20(23(4,5)11-10-22(19,2)3)13-18(15)21(27)16-6-8-17(9-7-16)24(26-29-24)28-14-25/h6-9,12-13,26H,10-11H2,1-5H3. The molecule has 1 aliphatic heterocycles. The van der Waals surface area contributed by atoms with Gasteiger partial charge in [-0.05, 0) is 53.4 Å². The number of rotatable bonds is 4. The van der Waals surface area contributed by atoms with Gasteiger partial charge in [0.1, 0.15) is 0 Å². The zero-order valence-corrected chi connectivity index (χ0v) is 17.6.